The molecule has 4 rings (SSSR count). The maximum atomic E-state index is 5.61. The third-order valence-electron chi connectivity index (χ3n) is 5.18. The predicted molar refractivity (Wildman–Crippen MR) is 109 cm³/mol. The first-order valence-electron chi connectivity index (χ1n) is 9.48. The normalized spacial score (nSPS) is 16.4. The molecule has 0 aromatic heterocycles. The Balaban J connectivity index is 1.24. The van der Waals surface area contributed by atoms with E-state index in [1.807, 2.05) is 18.2 Å². The summed E-state index contributed by atoms with van der Waals surface area (Å²) in [6.07, 6.45) is 0. The highest BCUT2D eigenvalue weighted by molar-refractivity contribution is 7.80. The Morgan fingerprint density at radius 2 is 1.89 bits per heavy atom. The lowest BCUT2D eigenvalue weighted by molar-refractivity contribution is -0.917. The SMILES string of the molecule is Cc1cccc(C[NH+]2CCN(C(=S)NCc3ccc4c(c3)OCO4)CC2)c1. The van der Waals surface area contributed by atoms with E-state index < -0.39 is 0 Å². The van der Waals surface area contributed by atoms with Gasteiger partial charge in [-0.25, -0.2) is 0 Å². The molecule has 2 aliphatic rings. The van der Waals surface area contributed by atoms with Crippen LogP contribution in [0.2, 0.25) is 0 Å². The van der Waals surface area contributed by atoms with Crippen molar-refractivity contribution in [2.75, 3.05) is 33.0 Å². The number of benzene rings is 2. The van der Waals surface area contributed by atoms with Gasteiger partial charge in [0.2, 0.25) is 6.79 Å². The van der Waals surface area contributed by atoms with Crippen LogP contribution in [0.25, 0.3) is 0 Å². The molecule has 0 bridgehead atoms. The molecule has 2 aromatic carbocycles. The maximum Gasteiger partial charge on any atom is 0.231 e. The molecule has 142 valence electrons. The summed E-state index contributed by atoms with van der Waals surface area (Å²) in [6, 6.07) is 14.8. The van der Waals surface area contributed by atoms with Crippen molar-refractivity contribution in [3.8, 4) is 11.5 Å². The van der Waals surface area contributed by atoms with Gasteiger partial charge >= 0.3 is 0 Å². The molecular weight excluding hydrogens is 358 g/mol. The molecule has 0 amide bonds. The van der Waals surface area contributed by atoms with E-state index in [0.717, 1.165) is 54.9 Å². The topological polar surface area (TPSA) is 38.2 Å². The van der Waals surface area contributed by atoms with Crippen molar-refractivity contribution in [2.45, 2.75) is 20.0 Å². The molecule has 0 unspecified atom stereocenters. The number of aryl methyl sites for hydroxylation is 1. The second-order valence-electron chi connectivity index (χ2n) is 7.25. The number of rotatable bonds is 4. The summed E-state index contributed by atoms with van der Waals surface area (Å²) in [5, 5.41) is 4.22. The standard InChI is InChI=1S/C21H25N3O2S/c1-16-3-2-4-18(11-16)14-23-7-9-24(10-8-23)21(27)22-13-17-5-6-19-20(12-17)26-15-25-19/h2-6,11-12H,7-10,13-15H2,1H3,(H,22,27)/p+1. The zero-order valence-electron chi connectivity index (χ0n) is 15.7. The number of quaternary nitrogens is 1. The molecule has 0 saturated carbocycles. The van der Waals surface area contributed by atoms with Crippen LogP contribution in [0.3, 0.4) is 0 Å². The molecule has 27 heavy (non-hydrogen) atoms. The van der Waals surface area contributed by atoms with Gasteiger partial charge < -0.3 is 24.6 Å². The number of nitrogens with one attached hydrogen (secondary N) is 2. The number of ether oxygens (including phenoxy) is 2. The van der Waals surface area contributed by atoms with Gasteiger partial charge in [0.05, 0.1) is 26.2 Å². The van der Waals surface area contributed by atoms with E-state index in [4.69, 9.17) is 21.7 Å². The van der Waals surface area contributed by atoms with Crippen molar-refractivity contribution in [3.05, 3.63) is 59.2 Å². The van der Waals surface area contributed by atoms with E-state index in [0.29, 0.717) is 13.3 Å². The lowest BCUT2D eigenvalue weighted by Crippen LogP contribution is -3.13. The minimum absolute atomic E-state index is 0.305. The molecule has 0 spiro atoms. The van der Waals surface area contributed by atoms with Gasteiger partial charge in [-0.3, -0.25) is 0 Å². The van der Waals surface area contributed by atoms with Crippen LogP contribution in [0.1, 0.15) is 16.7 Å². The summed E-state index contributed by atoms with van der Waals surface area (Å²) in [7, 11) is 0. The summed E-state index contributed by atoms with van der Waals surface area (Å²) in [6.45, 7) is 8.46. The molecule has 6 heteroatoms. The molecule has 0 radical (unpaired) electrons. The number of fused-ring (bicyclic) bond motifs is 1. The Morgan fingerprint density at radius 1 is 1.07 bits per heavy atom. The molecule has 1 saturated heterocycles. The predicted octanol–water partition coefficient (Wildman–Crippen LogP) is 1.50. The Hall–Kier alpha value is -2.31. The van der Waals surface area contributed by atoms with Gasteiger partial charge in [-0.05, 0) is 36.8 Å². The van der Waals surface area contributed by atoms with Gasteiger partial charge in [0.1, 0.15) is 6.54 Å². The fourth-order valence-corrected chi connectivity index (χ4v) is 3.91. The fourth-order valence-electron chi connectivity index (χ4n) is 3.65. The summed E-state index contributed by atoms with van der Waals surface area (Å²) in [5.41, 5.74) is 3.90. The van der Waals surface area contributed by atoms with Crippen molar-refractivity contribution < 1.29 is 14.4 Å². The van der Waals surface area contributed by atoms with Crippen molar-refractivity contribution in [2.24, 2.45) is 0 Å². The van der Waals surface area contributed by atoms with E-state index in [-0.39, 0.29) is 0 Å². The highest BCUT2D eigenvalue weighted by Gasteiger charge is 2.22. The Labute approximate surface area is 165 Å². The van der Waals surface area contributed by atoms with Crippen LogP contribution >= 0.6 is 12.2 Å². The van der Waals surface area contributed by atoms with Gasteiger partial charge in [0, 0.05) is 12.1 Å². The number of piperazine rings is 1. The van der Waals surface area contributed by atoms with Crippen molar-refractivity contribution in [3.63, 3.8) is 0 Å². The smallest absolute Gasteiger partial charge is 0.231 e. The van der Waals surface area contributed by atoms with E-state index in [1.165, 1.54) is 11.1 Å². The summed E-state index contributed by atoms with van der Waals surface area (Å²) >= 11 is 5.61. The summed E-state index contributed by atoms with van der Waals surface area (Å²) in [5.74, 6) is 1.63. The van der Waals surface area contributed by atoms with Crippen LogP contribution < -0.4 is 19.7 Å². The van der Waals surface area contributed by atoms with E-state index >= 15 is 0 Å². The molecule has 2 aliphatic heterocycles. The Kier molecular flexibility index (Phi) is 5.45. The van der Waals surface area contributed by atoms with Gasteiger partial charge in [0.15, 0.2) is 16.6 Å². The zero-order valence-corrected chi connectivity index (χ0v) is 16.5. The molecule has 2 N–H and O–H groups in total. The average Bonchev–Trinajstić information content (AvgIpc) is 3.14. The van der Waals surface area contributed by atoms with Crippen LogP contribution in [-0.2, 0) is 13.1 Å². The summed E-state index contributed by atoms with van der Waals surface area (Å²) < 4.78 is 10.8. The number of hydrogen-bond acceptors (Lipinski definition) is 3. The minimum atomic E-state index is 0.305. The second-order valence-corrected chi connectivity index (χ2v) is 7.64. The van der Waals surface area contributed by atoms with Gasteiger partial charge in [-0.1, -0.05) is 35.9 Å². The van der Waals surface area contributed by atoms with Crippen molar-refractivity contribution >= 4 is 17.3 Å². The largest absolute Gasteiger partial charge is 0.454 e. The number of thiocarbonyl (C=S) groups is 1. The van der Waals surface area contributed by atoms with Gasteiger partial charge in [-0.2, -0.15) is 0 Å². The maximum absolute atomic E-state index is 5.61. The molecule has 1 fully saturated rings. The molecule has 5 nitrogen and oxygen atoms in total. The zero-order chi connectivity index (χ0) is 18.6. The van der Waals surface area contributed by atoms with Gasteiger partial charge in [0.25, 0.3) is 0 Å². The molecule has 0 atom stereocenters. The van der Waals surface area contributed by atoms with E-state index in [2.05, 4.69) is 41.4 Å². The Morgan fingerprint density at radius 3 is 2.70 bits per heavy atom. The van der Waals surface area contributed by atoms with Crippen LogP contribution in [0, 0.1) is 6.92 Å². The lowest BCUT2D eigenvalue weighted by Gasteiger charge is -2.34. The average molecular weight is 385 g/mol. The first-order chi connectivity index (χ1) is 13.2. The summed E-state index contributed by atoms with van der Waals surface area (Å²) in [4.78, 5) is 3.90. The monoisotopic (exact) mass is 384 g/mol. The highest BCUT2D eigenvalue weighted by atomic mass is 32.1. The molecule has 2 aromatic rings. The van der Waals surface area contributed by atoms with Crippen molar-refractivity contribution in [1.29, 1.82) is 0 Å². The van der Waals surface area contributed by atoms with E-state index in [1.54, 1.807) is 4.90 Å². The Bertz CT molecular complexity index is 819. The quantitative estimate of drug-likeness (QED) is 0.782. The van der Waals surface area contributed by atoms with Crippen LogP contribution in [-0.4, -0.2) is 43.0 Å². The van der Waals surface area contributed by atoms with Crippen LogP contribution in [0.5, 0.6) is 11.5 Å². The number of hydrogen-bond donors (Lipinski definition) is 2. The van der Waals surface area contributed by atoms with Crippen LogP contribution in [0.15, 0.2) is 42.5 Å². The third kappa shape index (κ3) is 4.51. The number of nitrogens with zero attached hydrogens (tertiary/aromatic N) is 1. The first kappa shape index (κ1) is 18.1. The lowest BCUT2D eigenvalue weighted by atomic mass is 10.1. The van der Waals surface area contributed by atoms with Crippen molar-refractivity contribution in [1.82, 2.24) is 10.2 Å². The molecule has 2 heterocycles. The third-order valence-corrected chi connectivity index (χ3v) is 5.58. The second kappa shape index (κ2) is 8.15. The molecule has 0 aliphatic carbocycles. The van der Waals surface area contributed by atoms with Gasteiger partial charge in [-0.15, -0.1) is 0 Å². The fraction of sp³-hybridized carbons (Fsp3) is 0.381. The van der Waals surface area contributed by atoms with Crippen LogP contribution in [0.4, 0.5) is 0 Å². The first-order valence-corrected chi connectivity index (χ1v) is 9.88. The molecular formula is C21H26N3O2S+. The van der Waals surface area contributed by atoms with E-state index in [9.17, 15) is 0 Å². The highest BCUT2D eigenvalue weighted by Crippen LogP contribution is 2.32. The minimum Gasteiger partial charge on any atom is -0.454 e.